The van der Waals surface area contributed by atoms with Crippen LogP contribution in [0.25, 0.3) is 0 Å². The third kappa shape index (κ3) is 2.69. The van der Waals surface area contributed by atoms with E-state index in [9.17, 15) is 9.59 Å². The highest BCUT2D eigenvalue weighted by Gasteiger charge is 2.36. The molecule has 0 bridgehead atoms. The molecule has 2 amide bonds. The Bertz CT molecular complexity index is 537. The van der Waals surface area contributed by atoms with Crippen LogP contribution in [0.4, 0.5) is 0 Å². The average molecular weight is 274 g/mol. The van der Waals surface area contributed by atoms with Crippen molar-refractivity contribution in [3.8, 4) is 0 Å². The number of likely N-dealkylation sites (N-methyl/N-ethyl adjacent to an activating group) is 1. The summed E-state index contributed by atoms with van der Waals surface area (Å²) in [5, 5.41) is 0. The molecule has 1 aliphatic heterocycles. The number of piperazine rings is 1. The van der Waals surface area contributed by atoms with Gasteiger partial charge in [0.25, 0.3) is 0 Å². The van der Waals surface area contributed by atoms with E-state index in [0.29, 0.717) is 13.1 Å². The zero-order valence-electron chi connectivity index (χ0n) is 12.6. The standard InChI is InChI=1S/C16H22N2O2/c1-12-6-5-7-13(10-12)16(2,3)15(20)18-9-8-17(4)14(19)11-18/h5-7,10H,8-9,11H2,1-4H3. The lowest BCUT2D eigenvalue weighted by atomic mass is 9.82. The van der Waals surface area contributed by atoms with Gasteiger partial charge in [0.1, 0.15) is 0 Å². The number of hydrogen-bond acceptors (Lipinski definition) is 2. The van der Waals surface area contributed by atoms with Crippen molar-refractivity contribution in [3.63, 3.8) is 0 Å². The van der Waals surface area contributed by atoms with Crippen LogP contribution < -0.4 is 0 Å². The van der Waals surface area contributed by atoms with Crippen LogP contribution in [-0.2, 0) is 15.0 Å². The number of nitrogens with zero attached hydrogens (tertiary/aromatic N) is 2. The Morgan fingerprint density at radius 2 is 1.95 bits per heavy atom. The third-order valence-electron chi connectivity index (χ3n) is 4.02. The van der Waals surface area contributed by atoms with E-state index >= 15 is 0 Å². The van der Waals surface area contributed by atoms with Crippen LogP contribution in [0, 0.1) is 6.92 Å². The summed E-state index contributed by atoms with van der Waals surface area (Å²) in [6.07, 6.45) is 0. The largest absolute Gasteiger partial charge is 0.342 e. The van der Waals surface area contributed by atoms with Gasteiger partial charge in [0.05, 0.1) is 12.0 Å². The molecule has 0 saturated carbocycles. The number of amides is 2. The van der Waals surface area contributed by atoms with Crippen molar-refractivity contribution in [2.45, 2.75) is 26.2 Å². The summed E-state index contributed by atoms with van der Waals surface area (Å²) in [6.45, 7) is 7.26. The molecule has 1 aromatic rings. The van der Waals surface area contributed by atoms with Crippen molar-refractivity contribution in [3.05, 3.63) is 35.4 Å². The number of carbonyl (C=O) groups excluding carboxylic acids is 2. The maximum Gasteiger partial charge on any atom is 0.241 e. The molecule has 0 aliphatic carbocycles. The molecule has 0 atom stereocenters. The van der Waals surface area contributed by atoms with E-state index in [1.54, 1.807) is 16.8 Å². The van der Waals surface area contributed by atoms with E-state index in [0.717, 1.165) is 11.1 Å². The molecule has 2 rings (SSSR count). The highest BCUT2D eigenvalue weighted by atomic mass is 16.2. The molecule has 4 heteroatoms. The lowest BCUT2D eigenvalue weighted by molar-refractivity contribution is -0.147. The Morgan fingerprint density at radius 1 is 1.25 bits per heavy atom. The maximum absolute atomic E-state index is 12.7. The molecule has 1 aliphatic rings. The normalized spacial score (nSPS) is 16.5. The molecule has 0 unspecified atom stereocenters. The number of rotatable bonds is 2. The summed E-state index contributed by atoms with van der Waals surface area (Å²) in [5.41, 5.74) is 1.52. The smallest absolute Gasteiger partial charge is 0.241 e. The Kier molecular flexibility index (Phi) is 3.84. The Labute approximate surface area is 120 Å². The van der Waals surface area contributed by atoms with Gasteiger partial charge >= 0.3 is 0 Å². The highest BCUT2D eigenvalue weighted by molar-refractivity contribution is 5.91. The Balaban J connectivity index is 2.21. The first kappa shape index (κ1) is 14.6. The summed E-state index contributed by atoms with van der Waals surface area (Å²) in [5.74, 6) is 0.0224. The maximum atomic E-state index is 12.7. The van der Waals surface area contributed by atoms with E-state index < -0.39 is 5.41 Å². The minimum Gasteiger partial charge on any atom is -0.342 e. The van der Waals surface area contributed by atoms with Gasteiger partial charge in [0, 0.05) is 20.1 Å². The fourth-order valence-electron chi connectivity index (χ4n) is 2.48. The molecule has 20 heavy (non-hydrogen) atoms. The zero-order chi connectivity index (χ0) is 14.9. The highest BCUT2D eigenvalue weighted by Crippen LogP contribution is 2.27. The van der Waals surface area contributed by atoms with Crippen LogP contribution in [0.3, 0.4) is 0 Å². The minimum absolute atomic E-state index is 0.00430. The Hall–Kier alpha value is -1.84. The topological polar surface area (TPSA) is 40.6 Å². The average Bonchev–Trinajstić information content (AvgIpc) is 2.41. The van der Waals surface area contributed by atoms with Crippen molar-refractivity contribution in [2.75, 3.05) is 26.7 Å². The summed E-state index contributed by atoms with van der Waals surface area (Å²) >= 11 is 0. The lowest BCUT2D eigenvalue weighted by Gasteiger charge is -2.37. The van der Waals surface area contributed by atoms with Gasteiger partial charge in [-0.25, -0.2) is 0 Å². The number of carbonyl (C=O) groups is 2. The molecule has 0 spiro atoms. The first-order valence-electron chi connectivity index (χ1n) is 6.93. The first-order valence-corrected chi connectivity index (χ1v) is 6.93. The van der Waals surface area contributed by atoms with Gasteiger partial charge in [0.2, 0.25) is 11.8 Å². The van der Waals surface area contributed by atoms with Crippen molar-refractivity contribution in [1.82, 2.24) is 9.80 Å². The van der Waals surface area contributed by atoms with E-state index in [1.807, 2.05) is 45.0 Å². The van der Waals surface area contributed by atoms with E-state index in [1.165, 1.54) is 0 Å². The second-order valence-electron chi connectivity index (χ2n) is 6.04. The molecular formula is C16H22N2O2. The zero-order valence-corrected chi connectivity index (χ0v) is 12.6. The predicted molar refractivity (Wildman–Crippen MR) is 78.4 cm³/mol. The fraction of sp³-hybridized carbons (Fsp3) is 0.500. The molecular weight excluding hydrogens is 252 g/mol. The van der Waals surface area contributed by atoms with Crippen LogP contribution in [0.15, 0.2) is 24.3 Å². The monoisotopic (exact) mass is 274 g/mol. The molecule has 0 radical (unpaired) electrons. The second kappa shape index (κ2) is 5.27. The molecule has 0 aromatic heterocycles. The molecule has 4 nitrogen and oxygen atoms in total. The van der Waals surface area contributed by atoms with Crippen molar-refractivity contribution < 1.29 is 9.59 Å². The molecule has 0 N–H and O–H groups in total. The van der Waals surface area contributed by atoms with E-state index in [4.69, 9.17) is 0 Å². The van der Waals surface area contributed by atoms with E-state index in [-0.39, 0.29) is 18.4 Å². The van der Waals surface area contributed by atoms with Crippen molar-refractivity contribution in [1.29, 1.82) is 0 Å². The molecule has 1 saturated heterocycles. The van der Waals surface area contributed by atoms with E-state index in [2.05, 4.69) is 0 Å². The molecule has 1 fully saturated rings. The lowest BCUT2D eigenvalue weighted by Crippen LogP contribution is -2.54. The minimum atomic E-state index is -0.609. The Morgan fingerprint density at radius 3 is 2.55 bits per heavy atom. The molecule has 1 heterocycles. The number of hydrogen-bond donors (Lipinski definition) is 0. The number of aryl methyl sites for hydroxylation is 1. The van der Waals surface area contributed by atoms with Crippen LogP contribution in [-0.4, -0.2) is 48.3 Å². The SMILES string of the molecule is Cc1cccc(C(C)(C)C(=O)N2CCN(C)C(=O)C2)c1. The van der Waals surface area contributed by atoms with Crippen molar-refractivity contribution in [2.24, 2.45) is 0 Å². The first-order chi connectivity index (χ1) is 9.32. The van der Waals surface area contributed by atoms with Crippen molar-refractivity contribution >= 4 is 11.8 Å². The van der Waals surface area contributed by atoms with Crippen LogP contribution in [0.1, 0.15) is 25.0 Å². The van der Waals surface area contributed by atoms with Gasteiger partial charge < -0.3 is 9.80 Å². The quantitative estimate of drug-likeness (QED) is 0.821. The fourth-order valence-corrected chi connectivity index (χ4v) is 2.48. The third-order valence-corrected chi connectivity index (χ3v) is 4.02. The second-order valence-corrected chi connectivity index (χ2v) is 6.04. The van der Waals surface area contributed by atoms with Gasteiger partial charge in [-0.3, -0.25) is 9.59 Å². The van der Waals surface area contributed by atoms with Crippen LogP contribution >= 0.6 is 0 Å². The van der Waals surface area contributed by atoms with Gasteiger partial charge in [-0.2, -0.15) is 0 Å². The van der Waals surface area contributed by atoms with Crippen LogP contribution in [0.2, 0.25) is 0 Å². The summed E-state index contributed by atoms with van der Waals surface area (Å²) in [6, 6.07) is 8.00. The molecule has 108 valence electrons. The summed E-state index contributed by atoms with van der Waals surface area (Å²) in [4.78, 5) is 27.8. The van der Waals surface area contributed by atoms with Gasteiger partial charge in [-0.1, -0.05) is 29.8 Å². The number of benzene rings is 1. The molecule has 1 aromatic carbocycles. The summed E-state index contributed by atoms with van der Waals surface area (Å²) < 4.78 is 0. The van der Waals surface area contributed by atoms with Gasteiger partial charge in [0.15, 0.2) is 0 Å². The van der Waals surface area contributed by atoms with Gasteiger partial charge in [-0.15, -0.1) is 0 Å². The predicted octanol–water partition coefficient (Wildman–Crippen LogP) is 1.57. The van der Waals surface area contributed by atoms with Crippen LogP contribution in [0.5, 0.6) is 0 Å². The summed E-state index contributed by atoms with van der Waals surface area (Å²) in [7, 11) is 1.77. The van der Waals surface area contributed by atoms with Gasteiger partial charge in [-0.05, 0) is 26.3 Å².